The van der Waals surface area contributed by atoms with Gasteiger partial charge in [0.2, 0.25) is 11.6 Å². The third-order valence-electron chi connectivity index (χ3n) is 3.45. The molecule has 0 saturated carbocycles. The van der Waals surface area contributed by atoms with Crippen molar-refractivity contribution in [2.24, 2.45) is 0 Å². The van der Waals surface area contributed by atoms with E-state index in [9.17, 15) is 4.79 Å². The number of carbonyl (C=O) groups excluding carboxylic acids is 1. The van der Waals surface area contributed by atoms with Gasteiger partial charge in [0.25, 0.3) is 5.22 Å². The highest BCUT2D eigenvalue weighted by Crippen LogP contribution is 2.41. The van der Waals surface area contributed by atoms with Gasteiger partial charge in [-0.25, -0.2) is 0 Å². The summed E-state index contributed by atoms with van der Waals surface area (Å²) in [6.07, 6.45) is 0.630. The Hall–Kier alpha value is -2.42. The van der Waals surface area contributed by atoms with Gasteiger partial charge in [-0.15, -0.1) is 10.2 Å². The van der Waals surface area contributed by atoms with E-state index in [0.717, 1.165) is 0 Å². The van der Waals surface area contributed by atoms with E-state index in [2.05, 4.69) is 10.2 Å². The molecule has 1 saturated heterocycles. The Morgan fingerprint density at radius 2 is 1.83 bits per heavy atom. The molecule has 128 valence electrons. The lowest BCUT2D eigenvalue weighted by molar-refractivity contribution is -0.137. The average Bonchev–Trinajstić information content (AvgIpc) is 3.23. The average molecular weight is 352 g/mol. The molecule has 0 bridgehead atoms. The molecule has 1 aliphatic rings. The molecule has 24 heavy (non-hydrogen) atoms. The van der Waals surface area contributed by atoms with E-state index in [-0.39, 0.29) is 11.2 Å². The summed E-state index contributed by atoms with van der Waals surface area (Å²) in [5.74, 6) is 1.49. The van der Waals surface area contributed by atoms with Crippen molar-refractivity contribution in [2.45, 2.75) is 16.9 Å². The molecule has 9 heteroatoms. The Morgan fingerprint density at radius 1 is 1.12 bits per heavy atom. The number of rotatable bonds is 6. The van der Waals surface area contributed by atoms with Crippen molar-refractivity contribution in [3.05, 3.63) is 12.1 Å². The molecule has 1 aliphatic heterocycles. The van der Waals surface area contributed by atoms with Gasteiger partial charge >= 0.3 is 5.97 Å². The van der Waals surface area contributed by atoms with Crippen LogP contribution in [0.25, 0.3) is 11.5 Å². The van der Waals surface area contributed by atoms with Crippen LogP contribution in [0.4, 0.5) is 0 Å². The molecule has 1 atom stereocenters. The maximum atomic E-state index is 11.5. The second-order valence-electron chi connectivity index (χ2n) is 4.85. The summed E-state index contributed by atoms with van der Waals surface area (Å²) in [5, 5.41) is 7.99. The van der Waals surface area contributed by atoms with Gasteiger partial charge in [0.15, 0.2) is 11.5 Å². The molecule has 1 aromatic heterocycles. The van der Waals surface area contributed by atoms with Crippen molar-refractivity contribution >= 4 is 17.7 Å². The highest BCUT2D eigenvalue weighted by atomic mass is 32.2. The second-order valence-corrected chi connectivity index (χ2v) is 6.00. The third-order valence-corrected chi connectivity index (χ3v) is 4.53. The van der Waals surface area contributed by atoms with E-state index in [0.29, 0.717) is 47.0 Å². The highest BCUT2D eigenvalue weighted by Gasteiger charge is 2.29. The minimum Gasteiger partial charge on any atom is -0.493 e. The fourth-order valence-corrected chi connectivity index (χ4v) is 3.12. The van der Waals surface area contributed by atoms with Gasteiger partial charge in [-0.1, -0.05) is 0 Å². The quantitative estimate of drug-likeness (QED) is 0.725. The van der Waals surface area contributed by atoms with E-state index in [1.54, 1.807) is 12.1 Å². The SMILES string of the molecule is COc1cc(-c2nnc(SC3CCOC3=O)o2)cc(OC)c1OC. The van der Waals surface area contributed by atoms with Crippen molar-refractivity contribution in [2.75, 3.05) is 27.9 Å². The van der Waals surface area contributed by atoms with Gasteiger partial charge in [-0.2, -0.15) is 0 Å². The van der Waals surface area contributed by atoms with Crippen LogP contribution in [0.3, 0.4) is 0 Å². The molecule has 0 aliphatic carbocycles. The van der Waals surface area contributed by atoms with Crippen LogP contribution in [0.15, 0.2) is 21.8 Å². The number of carbonyl (C=O) groups is 1. The molecule has 2 aromatic rings. The number of benzene rings is 1. The lowest BCUT2D eigenvalue weighted by Gasteiger charge is -2.12. The third kappa shape index (κ3) is 3.12. The molecule has 1 fully saturated rings. The maximum absolute atomic E-state index is 11.5. The summed E-state index contributed by atoms with van der Waals surface area (Å²) in [4.78, 5) is 11.5. The number of nitrogens with zero attached hydrogens (tertiary/aromatic N) is 2. The van der Waals surface area contributed by atoms with Crippen molar-refractivity contribution in [1.82, 2.24) is 10.2 Å². The summed E-state index contributed by atoms with van der Waals surface area (Å²) in [5.41, 5.74) is 0.623. The lowest BCUT2D eigenvalue weighted by Crippen LogP contribution is -2.09. The van der Waals surface area contributed by atoms with E-state index in [4.69, 9.17) is 23.4 Å². The molecule has 0 amide bonds. The number of methoxy groups -OCH3 is 3. The van der Waals surface area contributed by atoms with Gasteiger partial charge in [-0.05, 0) is 23.9 Å². The Kier molecular flexibility index (Phi) is 4.79. The van der Waals surface area contributed by atoms with Crippen molar-refractivity contribution in [1.29, 1.82) is 0 Å². The molecule has 0 radical (unpaired) electrons. The number of esters is 1. The largest absolute Gasteiger partial charge is 0.493 e. The zero-order valence-corrected chi connectivity index (χ0v) is 14.2. The van der Waals surface area contributed by atoms with E-state index < -0.39 is 0 Å². The monoisotopic (exact) mass is 352 g/mol. The number of hydrogen-bond acceptors (Lipinski definition) is 9. The van der Waals surface area contributed by atoms with Crippen LogP contribution >= 0.6 is 11.8 Å². The normalized spacial score (nSPS) is 16.8. The molecule has 1 aromatic carbocycles. The van der Waals surface area contributed by atoms with E-state index in [1.165, 1.54) is 33.1 Å². The molecule has 0 spiro atoms. The van der Waals surface area contributed by atoms with Gasteiger partial charge in [0.05, 0.1) is 27.9 Å². The van der Waals surface area contributed by atoms with E-state index in [1.807, 2.05) is 0 Å². The van der Waals surface area contributed by atoms with Gasteiger partial charge < -0.3 is 23.4 Å². The summed E-state index contributed by atoms with van der Waals surface area (Å²) in [7, 11) is 4.59. The summed E-state index contributed by atoms with van der Waals surface area (Å²) in [6.45, 7) is 0.421. The molecule has 1 unspecified atom stereocenters. The molecular formula is C15H16N2O6S. The van der Waals surface area contributed by atoms with Gasteiger partial charge in [-0.3, -0.25) is 4.79 Å². The van der Waals surface area contributed by atoms with Crippen LogP contribution in [0.1, 0.15) is 6.42 Å². The topological polar surface area (TPSA) is 92.9 Å². The fourth-order valence-electron chi connectivity index (χ4n) is 2.28. The molecule has 8 nitrogen and oxygen atoms in total. The number of cyclic esters (lactones) is 1. The van der Waals surface area contributed by atoms with Crippen LogP contribution in [-0.2, 0) is 9.53 Å². The first kappa shape index (κ1) is 16.4. The fraction of sp³-hybridized carbons (Fsp3) is 0.400. The summed E-state index contributed by atoms with van der Waals surface area (Å²) in [6, 6.07) is 3.43. The van der Waals surface area contributed by atoms with Gasteiger partial charge in [0, 0.05) is 12.0 Å². The first-order valence-corrected chi connectivity index (χ1v) is 8.01. The number of ether oxygens (including phenoxy) is 4. The molecule has 0 N–H and O–H groups in total. The Labute approximate surface area is 142 Å². The standard InChI is InChI=1S/C15H16N2O6S/c1-19-9-6-8(7-10(20-2)12(9)21-3)13-16-17-15(23-13)24-11-4-5-22-14(11)18/h6-7,11H,4-5H2,1-3H3. The van der Waals surface area contributed by atoms with Crippen LogP contribution in [0, 0.1) is 0 Å². The Morgan fingerprint density at radius 3 is 2.38 bits per heavy atom. The highest BCUT2D eigenvalue weighted by molar-refractivity contribution is 8.00. The number of hydrogen-bond donors (Lipinski definition) is 0. The molecule has 3 rings (SSSR count). The first-order valence-electron chi connectivity index (χ1n) is 7.13. The minimum absolute atomic E-state index is 0.257. The number of aromatic nitrogens is 2. The summed E-state index contributed by atoms with van der Waals surface area (Å²) < 4.78 is 26.5. The molecular weight excluding hydrogens is 336 g/mol. The Balaban J connectivity index is 1.88. The minimum atomic E-state index is -0.307. The van der Waals surface area contributed by atoms with Crippen LogP contribution in [0.5, 0.6) is 17.2 Å². The van der Waals surface area contributed by atoms with Gasteiger partial charge in [0.1, 0.15) is 5.25 Å². The maximum Gasteiger partial charge on any atom is 0.319 e. The van der Waals surface area contributed by atoms with Crippen molar-refractivity contribution < 1.29 is 28.2 Å². The predicted octanol–water partition coefficient (Wildman–Crippen LogP) is 2.17. The zero-order valence-electron chi connectivity index (χ0n) is 13.4. The van der Waals surface area contributed by atoms with E-state index >= 15 is 0 Å². The predicted molar refractivity (Wildman–Crippen MR) is 84.6 cm³/mol. The molecule has 2 heterocycles. The van der Waals surface area contributed by atoms with Crippen LogP contribution in [0.2, 0.25) is 0 Å². The van der Waals surface area contributed by atoms with Crippen molar-refractivity contribution in [3.8, 4) is 28.7 Å². The summed E-state index contributed by atoms with van der Waals surface area (Å²) >= 11 is 1.20. The Bertz CT molecular complexity index is 722. The first-order chi connectivity index (χ1) is 11.7. The lowest BCUT2D eigenvalue weighted by atomic mass is 10.2. The van der Waals surface area contributed by atoms with Crippen molar-refractivity contribution in [3.63, 3.8) is 0 Å². The second kappa shape index (κ2) is 7.00. The van der Waals surface area contributed by atoms with Crippen LogP contribution < -0.4 is 14.2 Å². The van der Waals surface area contributed by atoms with Crippen LogP contribution in [-0.4, -0.2) is 49.4 Å². The number of thioether (sulfide) groups is 1. The zero-order chi connectivity index (χ0) is 17.1. The smallest absolute Gasteiger partial charge is 0.319 e.